The number of aryl methyl sites for hydroxylation is 2. The van der Waals surface area contributed by atoms with Gasteiger partial charge in [0, 0.05) is 98.5 Å². The summed E-state index contributed by atoms with van der Waals surface area (Å²) in [5, 5.41) is 14.3. The van der Waals surface area contributed by atoms with Crippen LogP contribution in [0.2, 0.25) is 0 Å². The maximum atomic E-state index is 6.77. The van der Waals surface area contributed by atoms with Gasteiger partial charge in [-0.25, -0.2) is 0 Å². The minimum atomic E-state index is 0.876. The summed E-state index contributed by atoms with van der Waals surface area (Å²) in [6, 6.07) is 115. The van der Waals surface area contributed by atoms with E-state index in [0.29, 0.717) is 0 Å². The molecule has 21 aromatic rings. The van der Waals surface area contributed by atoms with E-state index in [9.17, 15) is 0 Å². The molecule has 6 heterocycles. The fourth-order valence-corrected chi connectivity index (χ4v) is 16.9. The van der Waals surface area contributed by atoms with Crippen molar-refractivity contribution in [3.63, 3.8) is 0 Å². The van der Waals surface area contributed by atoms with Crippen molar-refractivity contribution in [1.29, 1.82) is 0 Å². The van der Waals surface area contributed by atoms with Crippen LogP contribution in [0.3, 0.4) is 0 Å². The molecule has 0 atom stereocenters. The minimum Gasteiger partial charge on any atom is -0.454 e. The van der Waals surface area contributed by atoms with Gasteiger partial charge in [-0.05, 0) is 131 Å². The molecule has 0 N–H and O–H groups in total. The Hall–Kier alpha value is -12.9. The summed E-state index contributed by atoms with van der Waals surface area (Å²) in [6.07, 6.45) is 0. The van der Waals surface area contributed by atoms with Gasteiger partial charge in [-0.1, -0.05) is 243 Å². The zero-order chi connectivity index (χ0) is 64.4. The molecular formula is C92H58N4O2. The SMILES string of the molecule is Cc1ccc2c(oc3ccccc32)c1N(c1ccccc1)c1ccc(-c2cccc3c2c2cccc4c5c(-c6ccccc6)c6c(c(-c7ccccc7)c5n3c24)c2cccc3c4c(-c5ccc(N(c7ccccc7)c7c(C)ccc8c7oc7ccccc78)cc5)cccc4n6c32)cc1. The number of rotatable bonds is 10. The van der Waals surface area contributed by atoms with Gasteiger partial charge in [0.15, 0.2) is 11.2 Å². The number of fused-ring (bicyclic) bond motifs is 18. The van der Waals surface area contributed by atoms with E-state index < -0.39 is 0 Å². The van der Waals surface area contributed by atoms with Gasteiger partial charge in [-0.15, -0.1) is 0 Å². The summed E-state index contributed by atoms with van der Waals surface area (Å²) in [7, 11) is 0. The van der Waals surface area contributed by atoms with Crippen LogP contribution >= 0.6 is 0 Å². The van der Waals surface area contributed by atoms with Crippen LogP contribution in [0.5, 0.6) is 0 Å². The van der Waals surface area contributed by atoms with Crippen molar-refractivity contribution in [2.45, 2.75) is 13.8 Å². The lowest BCUT2D eigenvalue weighted by Crippen LogP contribution is -2.11. The van der Waals surface area contributed by atoms with Crippen molar-refractivity contribution in [2.75, 3.05) is 9.80 Å². The third-order valence-corrected chi connectivity index (χ3v) is 21.0. The molecule has 21 rings (SSSR count). The van der Waals surface area contributed by atoms with Crippen LogP contribution in [0.15, 0.2) is 324 Å². The standard InChI is InChI=1S/C92H58N4O2/c1-55-43-53-69-67-31-15-17-41-77(67)97-91(69)85(55)93(61-27-11-5-12-28-61)63-49-45-57(46-50-63)65-33-21-39-75-81(65)71-35-19-37-73-83-80(60-25-9-4-10-26-60)90-84(79(59-23-7-3-8-24-59)89(83)95(75)87(71)73)74-38-20-36-72-82-66(34-22-40-76(82)96(90)88(72)74)58-47-51-64(52-48-58)94(62-29-13-6-14-30-62)86-56(2)44-54-70-68-32-16-18-42-78(68)98-92(70)86/h3-54H,1-2H3. The van der Waals surface area contributed by atoms with E-state index in [1.807, 2.05) is 12.1 Å². The maximum absolute atomic E-state index is 6.77. The molecule has 0 saturated carbocycles. The Bertz CT molecular complexity index is 6370. The quantitative estimate of drug-likeness (QED) is 0.137. The fourth-order valence-electron chi connectivity index (χ4n) is 16.9. The van der Waals surface area contributed by atoms with Crippen LogP contribution in [0.1, 0.15) is 11.1 Å². The lowest BCUT2D eigenvalue weighted by Gasteiger charge is -2.27. The number of nitrogens with zero attached hydrogens (tertiary/aromatic N) is 4. The number of anilines is 6. The second-order valence-electron chi connectivity index (χ2n) is 26.3. The zero-order valence-electron chi connectivity index (χ0n) is 53.6. The molecule has 0 fully saturated rings. The molecule has 0 saturated heterocycles. The van der Waals surface area contributed by atoms with Crippen molar-refractivity contribution >= 4 is 154 Å². The number of hydrogen-bond donors (Lipinski definition) is 0. The van der Waals surface area contributed by atoms with Crippen molar-refractivity contribution < 1.29 is 8.83 Å². The van der Waals surface area contributed by atoms with Crippen LogP contribution in [-0.4, -0.2) is 8.80 Å². The molecule has 6 nitrogen and oxygen atoms in total. The molecule has 98 heavy (non-hydrogen) atoms. The van der Waals surface area contributed by atoms with Crippen molar-refractivity contribution in [3.8, 4) is 44.5 Å². The summed E-state index contributed by atoms with van der Waals surface area (Å²) in [6.45, 7) is 4.37. The molecule has 0 amide bonds. The molecule has 15 aromatic carbocycles. The van der Waals surface area contributed by atoms with Crippen LogP contribution < -0.4 is 9.80 Å². The van der Waals surface area contributed by atoms with E-state index in [1.165, 1.54) is 110 Å². The second kappa shape index (κ2) is 20.8. The molecule has 0 aliphatic rings. The Kier molecular flexibility index (Phi) is 11.6. The van der Waals surface area contributed by atoms with Gasteiger partial charge >= 0.3 is 0 Å². The van der Waals surface area contributed by atoms with E-state index in [-0.39, 0.29) is 0 Å². The van der Waals surface area contributed by atoms with Crippen LogP contribution in [0.4, 0.5) is 34.1 Å². The fraction of sp³-hybridized carbons (Fsp3) is 0.0217. The third-order valence-electron chi connectivity index (χ3n) is 21.0. The molecule has 6 heteroatoms. The molecule has 0 spiro atoms. The van der Waals surface area contributed by atoms with Crippen molar-refractivity contribution in [2.24, 2.45) is 0 Å². The molecule has 6 aromatic heterocycles. The van der Waals surface area contributed by atoms with Crippen LogP contribution in [0.25, 0.3) is 165 Å². The Balaban J connectivity index is 0.778. The normalized spacial score (nSPS) is 12.2. The number of furan rings is 2. The lowest BCUT2D eigenvalue weighted by atomic mass is 9.89. The van der Waals surface area contributed by atoms with Gasteiger partial charge in [0.25, 0.3) is 0 Å². The molecule has 0 unspecified atom stereocenters. The van der Waals surface area contributed by atoms with Gasteiger partial charge in [-0.3, -0.25) is 0 Å². The summed E-state index contributed by atoms with van der Waals surface area (Å²) in [4.78, 5) is 4.71. The number of para-hydroxylation sites is 6. The highest BCUT2D eigenvalue weighted by Crippen LogP contribution is 2.56. The molecular weight excluding hydrogens is 1190 g/mol. The predicted octanol–water partition coefficient (Wildman–Crippen LogP) is 26.0. The summed E-state index contributed by atoms with van der Waals surface area (Å²) < 4.78 is 18.8. The first-order valence-electron chi connectivity index (χ1n) is 33.7. The Morgan fingerprint density at radius 3 is 0.990 bits per heavy atom. The van der Waals surface area contributed by atoms with Gasteiger partial charge < -0.3 is 27.4 Å². The van der Waals surface area contributed by atoms with Gasteiger partial charge in [0.05, 0.1) is 44.5 Å². The van der Waals surface area contributed by atoms with E-state index in [0.717, 1.165) is 100 Å². The topological polar surface area (TPSA) is 41.6 Å². The average Bonchev–Trinajstić information content (AvgIpc) is 1.49. The average molecular weight is 1250 g/mol. The molecule has 458 valence electrons. The highest BCUT2D eigenvalue weighted by molar-refractivity contribution is 6.39. The largest absolute Gasteiger partial charge is 0.454 e. The first-order chi connectivity index (χ1) is 48.5. The molecule has 0 radical (unpaired) electrons. The van der Waals surface area contributed by atoms with Crippen molar-refractivity contribution in [3.05, 3.63) is 327 Å². The molecule has 0 bridgehead atoms. The monoisotopic (exact) mass is 1250 g/mol. The summed E-state index contributed by atoms with van der Waals surface area (Å²) in [5.74, 6) is 0. The van der Waals surface area contributed by atoms with E-state index in [4.69, 9.17) is 8.83 Å². The van der Waals surface area contributed by atoms with Gasteiger partial charge in [-0.2, -0.15) is 0 Å². The Labute approximate surface area is 563 Å². The smallest absolute Gasteiger partial charge is 0.159 e. The van der Waals surface area contributed by atoms with Crippen LogP contribution in [0, 0.1) is 13.8 Å². The van der Waals surface area contributed by atoms with Gasteiger partial charge in [0.1, 0.15) is 11.2 Å². The summed E-state index contributed by atoms with van der Waals surface area (Å²) >= 11 is 0. The van der Waals surface area contributed by atoms with E-state index >= 15 is 0 Å². The Morgan fingerprint density at radius 2 is 0.582 bits per heavy atom. The highest BCUT2D eigenvalue weighted by atomic mass is 16.3. The van der Waals surface area contributed by atoms with E-state index in [1.54, 1.807) is 0 Å². The minimum absolute atomic E-state index is 0.876. The number of aromatic nitrogens is 2. The number of hydrogen-bond acceptors (Lipinski definition) is 4. The van der Waals surface area contributed by atoms with Crippen molar-refractivity contribution in [1.82, 2.24) is 8.80 Å². The first kappa shape index (κ1) is 54.5. The second-order valence-corrected chi connectivity index (χ2v) is 26.3. The van der Waals surface area contributed by atoms with Gasteiger partial charge in [0.2, 0.25) is 0 Å². The predicted molar refractivity (Wildman–Crippen MR) is 411 cm³/mol. The highest BCUT2D eigenvalue weighted by Gasteiger charge is 2.32. The molecule has 0 aliphatic carbocycles. The zero-order valence-corrected chi connectivity index (χ0v) is 53.6. The summed E-state index contributed by atoms with van der Waals surface area (Å²) in [5.41, 5.74) is 28.7. The Morgan fingerprint density at radius 1 is 0.245 bits per heavy atom. The third kappa shape index (κ3) is 7.62. The number of benzene rings is 15. The van der Waals surface area contributed by atoms with E-state index in [2.05, 4.69) is 336 Å². The first-order valence-corrected chi connectivity index (χ1v) is 33.7. The maximum Gasteiger partial charge on any atom is 0.159 e. The lowest BCUT2D eigenvalue weighted by molar-refractivity contribution is 0.668. The van der Waals surface area contributed by atoms with Crippen LogP contribution in [-0.2, 0) is 0 Å². The molecule has 0 aliphatic heterocycles.